The first-order valence-electron chi connectivity index (χ1n) is 5.20. The van der Waals surface area contributed by atoms with Crippen LogP contribution in [0.5, 0.6) is 0 Å². The zero-order chi connectivity index (χ0) is 12.1. The molecule has 0 spiro atoms. The van der Waals surface area contributed by atoms with E-state index in [4.69, 9.17) is 0 Å². The number of carbonyl (C=O) groups is 1. The van der Waals surface area contributed by atoms with Gasteiger partial charge in [-0.15, -0.1) is 0 Å². The van der Waals surface area contributed by atoms with Gasteiger partial charge in [-0.25, -0.2) is 0 Å². The van der Waals surface area contributed by atoms with Gasteiger partial charge in [-0.3, -0.25) is 4.79 Å². The summed E-state index contributed by atoms with van der Waals surface area (Å²) in [7, 11) is 3.45. The van der Waals surface area contributed by atoms with Gasteiger partial charge in [0, 0.05) is 20.0 Å². The summed E-state index contributed by atoms with van der Waals surface area (Å²) in [6.45, 7) is 3.73. The second-order valence-electron chi connectivity index (χ2n) is 3.70. The fourth-order valence-electron chi connectivity index (χ4n) is 1.08. The van der Waals surface area contributed by atoms with E-state index in [1.807, 2.05) is 13.8 Å². The second-order valence-corrected chi connectivity index (χ2v) is 3.70. The van der Waals surface area contributed by atoms with E-state index in [1.165, 1.54) is 0 Å². The van der Waals surface area contributed by atoms with E-state index in [1.54, 1.807) is 14.1 Å². The van der Waals surface area contributed by atoms with Crippen LogP contribution in [0.3, 0.4) is 0 Å². The Morgan fingerprint density at radius 1 is 1.12 bits per heavy atom. The molecule has 0 saturated heterocycles. The number of Topliss-reactive ketones (excluding diaryl/α,β-unsaturated/α-hetero) is 1. The molecule has 0 atom stereocenters. The molecule has 0 bridgehead atoms. The van der Waals surface area contributed by atoms with Crippen molar-refractivity contribution in [2.75, 3.05) is 24.7 Å². The van der Waals surface area contributed by atoms with Crippen LogP contribution in [0.25, 0.3) is 0 Å². The molecule has 0 aliphatic rings. The standard InChI is InChI=1S/C10H17N5O/c1-6(2)7(16)5-8-13-9(11-3)15-10(12-4)14-8/h6H,5H2,1-4H3,(H2,11,12,13,14,15). The van der Waals surface area contributed by atoms with Gasteiger partial charge in [0.1, 0.15) is 11.6 Å². The zero-order valence-corrected chi connectivity index (χ0v) is 10.0. The van der Waals surface area contributed by atoms with Crippen LogP contribution >= 0.6 is 0 Å². The van der Waals surface area contributed by atoms with E-state index >= 15 is 0 Å². The van der Waals surface area contributed by atoms with Gasteiger partial charge in [0.25, 0.3) is 0 Å². The van der Waals surface area contributed by atoms with Gasteiger partial charge in [-0.1, -0.05) is 13.8 Å². The minimum absolute atomic E-state index is 0.00663. The van der Waals surface area contributed by atoms with Crippen molar-refractivity contribution in [2.24, 2.45) is 5.92 Å². The molecule has 0 aromatic carbocycles. The van der Waals surface area contributed by atoms with Crippen molar-refractivity contribution in [3.05, 3.63) is 5.82 Å². The average Bonchev–Trinajstić information content (AvgIpc) is 2.28. The van der Waals surface area contributed by atoms with Gasteiger partial charge >= 0.3 is 0 Å². The number of hydrogen-bond donors (Lipinski definition) is 2. The highest BCUT2D eigenvalue weighted by atomic mass is 16.1. The summed E-state index contributed by atoms with van der Waals surface area (Å²) >= 11 is 0. The first kappa shape index (κ1) is 12.4. The lowest BCUT2D eigenvalue weighted by Crippen LogP contribution is -2.15. The average molecular weight is 223 g/mol. The number of carbonyl (C=O) groups excluding carboxylic acids is 1. The molecule has 88 valence electrons. The predicted molar refractivity (Wildman–Crippen MR) is 62.5 cm³/mol. The van der Waals surface area contributed by atoms with E-state index in [0.29, 0.717) is 17.7 Å². The second kappa shape index (κ2) is 5.39. The van der Waals surface area contributed by atoms with E-state index in [9.17, 15) is 4.79 Å². The maximum absolute atomic E-state index is 11.6. The minimum Gasteiger partial charge on any atom is -0.357 e. The lowest BCUT2D eigenvalue weighted by Gasteiger charge is -2.06. The van der Waals surface area contributed by atoms with Crippen molar-refractivity contribution < 1.29 is 4.79 Å². The monoisotopic (exact) mass is 223 g/mol. The van der Waals surface area contributed by atoms with Crippen LogP contribution in [0.1, 0.15) is 19.7 Å². The van der Waals surface area contributed by atoms with Crippen LogP contribution in [0.2, 0.25) is 0 Å². The topological polar surface area (TPSA) is 79.8 Å². The Morgan fingerprint density at radius 2 is 1.62 bits per heavy atom. The molecular weight excluding hydrogens is 206 g/mol. The van der Waals surface area contributed by atoms with E-state index in [0.717, 1.165) is 0 Å². The van der Waals surface area contributed by atoms with Crippen molar-refractivity contribution in [2.45, 2.75) is 20.3 Å². The van der Waals surface area contributed by atoms with Crippen LogP contribution < -0.4 is 10.6 Å². The highest BCUT2D eigenvalue weighted by molar-refractivity contribution is 5.81. The van der Waals surface area contributed by atoms with Gasteiger partial charge in [0.05, 0.1) is 6.42 Å². The first-order valence-corrected chi connectivity index (χ1v) is 5.20. The number of anilines is 2. The fraction of sp³-hybridized carbons (Fsp3) is 0.600. The third-order valence-corrected chi connectivity index (χ3v) is 2.11. The van der Waals surface area contributed by atoms with E-state index in [2.05, 4.69) is 25.6 Å². The third-order valence-electron chi connectivity index (χ3n) is 2.11. The molecule has 6 nitrogen and oxygen atoms in total. The molecule has 1 heterocycles. The summed E-state index contributed by atoms with van der Waals surface area (Å²) < 4.78 is 0. The van der Waals surface area contributed by atoms with Gasteiger partial charge < -0.3 is 10.6 Å². The zero-order valence-electron chi connectivity index (χ0n) is 10.0. The number of hydrogen-bond acceptors (Lipinski definition) is 6. The molecule has 2 N–H and O–H groups in total. The summed E-state index contributed by atoms with van der Waals surface area (Å²) in [4.78, 5) is 23.9. The molecule has 0 radical (unpaired) electrons. The summed E-state index contributed by atoms with van der Waals surface area (Å²) in [5, 5.41) is 5.66. The normalized spacial score (nSPS) is 10.3. The largest absolute Gasteiger partial charge is 0.357 e. The summed E-state index contributed by atoms with van der Waals surface area (Å²) in [6.07, 6.45) is 0.240. The van der Waals surface area contributed by atoms with Crippen molar-refractivity contribution in [3.8, 4) is 0 Å². The molecule has 0 fully saturated rings. The van der Waals surface area contributed by atoms with E-state index < -0.39 is 0 Å². The molecule has 1 aromatic heterocycles. The molecule has 6 heteroatoms. The summed E-state index contributed by atoms with van der Waals surface area (Å²) in [6, 6.07) is 0. The minimum atomic E-state index is -0.00663. The maximum Gasteiger partial charge on any atom is 0.227 e. The Balaban J connectivity index is 2.91. The molecule has 1 rings (SSSR count). The van der Waals surface area contributed by atoms with Crippen LogP contribution in [0.15, 0.2) is 0 Å². The quantitative estimate of drug-likeness (QED) is 0.765. The fourth-order valence-corrected chi connectivity index (χ4v) is 1.08. The van der Waals surface area contributed by atoms with Gasteiger partial charge in [0.2, 0.25) is 11.9 Å². The smallest absolute Gasteiger partial charge is 0.227 e. The molecule has 0 aliphatic carbocycles. The van der Waals surface area contributed by atoms with Gasteiger partial charge in [-0.05, 0) is 0 Å². The van der Waals surface area contributed by atoms with Crippen molar-refractivity contribution in [1.29, 1.82) is 0 Å². The summed E-state index contributed by atoms with van der Waals surface area (Å²) in [5.41, 5.74) is 0. The molecule has 0 unspecified atom stereocenters. The molecule has 16 heavy (non-hydrogen) atoms. The van der Waals surface area contributed by atoms with Crippen molar-refractivity contribution >= 4 is 17.7 Å². The van der Waals surface area contributed by atoms with Crippen LogP contribution in [0, 0.1) is 5.92 Å². The Kier molecular flexibility index (Phi) is 4.16. The lowest BCUT2D eigenvalue weighted by molar-refractivity contribution is -0.121. The van der Waals surface area contributed by atoms with E-state index in [-0.39, 0.29) is 18.1 Å². The molecular formula is C10H17N5O. The van der Waals surface area contributed by atoms with Gasteiger partial charge in [0.15, 0.2) is 0 Å². The van der Waals surface area contributed by atoms with Crippen LogP contribution in [-0.4, -0.2) is 34.8 Å². The number of ketones is 1. The first-order chi connectivity index (χ1) is 7.56. The summed E-state index contributed by atoms with van der Waals surface area (Å²) in [5.74, 6) is 1.53. The number of aromatic nitrogens is 3. The molecule has 0 aliphatic heterocycles. The van der Waals surface area contributed by atoms with Crippen LogP contribution in [0.4, 0.5) is 11.9 Å². The Bertz CT molecular complexity index is 355. The molecule has 1 aromatic rings. The predicted octanol–water partition coefficient (Wildman–Crippen LogP) is 0.723. The Hall–Kier alpha value is -1.72. The number of nitrogens with one attached hydrogen (secondary N) is 2. The third kappa shape index (κ3) is 3.15. The lowest BCUT2D eigenvalue weighted by atomic mass is 10.1. The van der Waals surface area contributed by atoms with Gasteiger partial charge in [-0.2, -0.15) is 15.0 Å². The number of rotatable bonds is 5. The van der Waals surface area contributed by atoms with Crippen molar-refractivity contribution in [1.82, 2.24) is 15.0 Å². The molecule has 0 amide bonds. The maximum atomic E-state index is 11.6. The van der Waals surface area contributed by atoms with Crippen LogP contribution in [-0.2, 0) is 11.2 Å². The van der Waals surface area contributed by atoms with Crippen molar-refractivity contribution in [3.63, 3.8) is 0 Å². The molecule has 0 saturated carbocycles. The Morgan fingerprint density at radius 3 is 2.00 bits per heavy atom. The highest BCUT2D eigenvalue weighted by Crippen LogP contribution is 2.07. The highest BCUT2D eigenvalue weighted by Gasteiger charge is 2.12. The number of nitrogens with zero attached hydrogens (tertiary/aromatic N) is 3. The Labute approximate surface area is 94.9 Å². The SMILES string of the molecule is CNc1nc(CC(=O)C(C)C)nc(NC)n1.